The minimum Gasteiger partial charge on any atom is -0.477 e. The molecule has 118 valence electrons. The highest BCUT2D eigenvalue weighted by Crippen LogP contribution is 2.16. The number of rotatable bonds is 7. The van der Waals surface area contributed by atoms with Crippen LogP contribution in [-0.4, -0.2) is 60.7 Å². The zero-order valence-corrected chi connectivity index (χ0v) is 13.0. The fourth-order valence-corrected chi connectivity index (χ4v) is 2.61. The standard InChI is InChI=1S/C15H27N5O/c1-2-21-15-13-17-12-14(18-15)20-9-5-8-19(10-11-20)7-4-3-6-16/h12-13H,2-11,16H2,1H3. The lowest BCUT2D eigenvalue weighted by atomic mass is 10.3. The van der Waals surface area contributed by atoms with Crippen LogP contribution in [0, 0.1) is 0 Å². The van der Waals surface area contributed by atoms with Crippen LogP contribution in [0.3, 0.4) is 0 Å². The van der Waals surface area contributed by atoms with Gasteiger partial charge >= 0.3 is 0 Å². The molecule has 6 nitrogen and oxygen atoms in total. The van der Waals surface area contributed by atoms with Crippen molar-refractivity contribution in [3.63, 3.8) is 0 Å². The molecule has 0 aromatic carbocycles. The van der Waals surface area contributed by atoms with Crippen LogP contribution in [0.1, 0.15) is 26.2 Å². The monoisotopic (exact) mass is 293 g/mol. The van der Waals surface area contributed by atoms with E-state index in [1.165, 1.54) is 6.42 Å². The minimum atomic E-state index is 0.610. The van der Waals surface area contributed by atoms with Gasteiger partial charge in [0.05, 0.1) is 19.0 Å². The normalized spacial score (nSPS) is 16.8. The molecule has 1 fully saturated rings. The van der Waals surface area contributed by atoms with E-state index in [0.717, 1.165) is 57.9 Å². The number of hydrogen-bond acceptors (Lipinski definition) is 6. The lowest BCUT2D eigenvalue weighted by Gasteiger charge is -2.22. The summed E-state index contributed by atoms with van der Waals surface area (Å²) in [5.74, 6) is 1.53. The second-order valence-electron chi connectivity index (χ2n) is 5.33. The third kappa shape index (κ3) is 5.13. The molecular formula is C15H27N5O. The first-order valence-corrected chi connectivity index (χ1v) is 7.95. The Balaban J connectivity index is 1.88. The van der Waals surface area contributed by atoms with Gasteiger partial charge in [-0.1, -0.05) is 0 Å². The molecule has 0 unspecified atom stereocenters. The van der Waals surface area contributed by atoms with Gasteiger partial charge in [0.1, 0.15) is 0 Å². The van der Waals surface area contributed by atoms with Crippen molar-refractivity contribution in [2.75, 3.05) is 50.8 Å². The molecule has 0 aliphatic carbocycles. The van der Waals surface area contributed by atoms with Crippen LogP contribution in [0.2, 0.25) is 0 Å². The molecule has 0 amide bonds. The summed E-state index contributed by atoms with van der Waals surface area (Å²) in [6, 6.07) is 0. The molecular weight excluding hydrogens is 266 g/mol. The van der Waals surface area contributed by atoms with E-state index in [0.29, 0.717) is 12.5 Å². The fraction of sp³-hybridized carbons (Fsp3) is 0.733. The van der Waals surface area contributed by atoms with Gasteiger partial charge < -0.3 is 20.3 Å². The number of ether oxygens (including phenoxy) is 1. The van der Waals surface area contributed by atoms with Gasteiger partial charge in [0.2, 0.25) is 5.88 Å². The fourth-order valence-electron chi connectivity index (χ4n) is 2.61. The van der Waals surface area contributed by atoms with E-state index in [9.17, 15) is 0 Å². The molecule has 1 aromatic heterocycles. The van der Waals surface area contributed by atoms with E-state index < -0.39 is 0 Å². The quantitative estimate of drug-likeness (QED) is 0.760. The first-order chi connectivity index (χ1) is 10.3. The third-order valence-corrected chi connectivity index (χ3v) is 3.73. The Morgan fingerprint density at radius 1 is 1.19 bits per heavy atom. The Morgan fingerprint density at radius 2 is 2.10 bits per heavy atom. The summed E-state index contributed by atoms with van der Waals surface area (Å²) in [5.41, 5.74) is 5.56. The van der Waals surface area contributed by atoms with E-state index >= 15 is 0 Å². The summed E-state index contributed by atoms with van der Waals surface area (Å²) in [4.78, 5) is 13.6. The highest BCUT2D eigenvalue weighted by molar-refractivity contribution is 5.37. The molecule has 0 spiro atoms. The van der Waals surface area contributed by atoms with Gasteiger partial charge in [-0.3, -0.25) is 4.98 Å². The number of nitrogens with two attached hydrogens (primary N) is 1. The van der Waals surface area contributed by atoms with Crippen LogP contribution in [0.15, 0.2) is 12.4 Å². The van der Waals surface area contributed by atoms with Gasteiger partial charge in [0.15, 0.2) is 5.82 Å². The molecule has 0 saturated carbocycles. The van der Waals surface area contributed by atoms with E-state index in [4.69, 9.17) is 10.5 Å². The molecule has 1 aromatic rings. The van der Waals surface area contributed by atoms with Crippen molar-refractivity contribution in [2.24, 2.45) is 5.73 Å². The molecule has 1 saturated heterocycles. The molecule has 2 heterocycles. The van der Waals surface area contributed by atoms with Crippen LogP contribution >= 0.6 is 0 Å². The van der Waals surface area contributed by atoms with Crippen LogP contribution < -0.4 is 15.4 Å². The summed E-state index contributed by atoms with van der Waals surface area (Å²) in [5, 5.41) is 0. The van der Waals surface area contributed by atoms with Crippen molar-refractivity contribution in [2.45, 2.75) is 26.2 Å². The third-order valence-electron chi connectivity index (χ3n) is 3.73. The van der Waals surface area contributed by atoms with E-state index in [2.05, 4.69) is 19.8 Å². The average Bonchev–Trinajstić information content (AvgIpc) is 2.74. The molecule has 2 N–H and O–H groups in total. The van der Waals surface area contributed by atoms with Gasteiger partial charge in [-0.2, -0.15) is 4.98 Å². The maximum Gasteiger partial charge on any atom is 0.234 e. The Bertz CT molecular complexity index is 415. The van der Waals surface area contributed by atoms with Gasteiger partial charge in [-0.15, -0.1) is 0 Å². The Hall–Kier alpha value is -1.40. The van der Waals surface area contributed by atoms with Gasteiger partial charge in [-0.25, -0.2) is 0 Å². The van der Waals surface area contributed by atoms with Gasteiger partial charge in [0, 0.05) is 19.6 Å². The van der Waals surface area contributed by atoms with Crippen LogP contribution in [0.25, 0.3) is 0 Å². The maximum absolute atomic E-state index is 5.56. The molecule has 2 rings (SSSR count). The smallest absolute Gasteiger partial charge is 0.234 e. The van der Waals surface area contributed by atoms with Crippen LogP contribution in [-0.2, 0) is 0 Å². The summed E-state index contributed by atoms with van der Waals surface area (Å²) >= 11 is 0. The highest BCUT2D eigenvalue weighted by atomic mass is 16.5. The van der Waals surface area contributed by atoms with Crippen molar-refractivity contribution >= 4 is 5.82 Å². The van der Waals surface area contributed by atoms with Crippen LogP contribution in [0.5, 0.6) is 5.88 Å². The number of nitrogens with zero attached hydrogens (tertiary/aromatic N) is 4. The predicted molar refractivity (Wildman–Crippen MR) is 84.8 cm³/mol. The minimum absolute atomic E-state index is 0.610. The molecule has 6 heteroatoms. The topological polar surface area (TPSA) is 67.5 Å². The van der Waals surface area contributed by atoms with Gasteiger partial charge in [-0.05, 0) is 45.8 Å². The molecule has 0 bridgehead atoms. The molecule has 1 aliphatic heterocycles. The summed E-state index contributed by atoms with van der Waals surface area (Å²) in [6.45, 7) is 8.76. The second-order valence-corrected chi connectivity index (χ2v) is 5.33. The van der Waals surface area contributed by atoms with Crippen LogP contribution in [0.4, 0.5) is 5.82 Å². The van der Waals surface area contributed by atoms with Crippen molar-refractivity contribution in [1.29, 1.82) is 0 Å². The molecule has 21 heavy (non-hydrogen) atoms. The Labute approximate surface area is 127 Å². The number of aromatic nitrogens is 2. The first-order valence-electron chi connectivity index (χ1n) is 7.95. The van der Waals surface area contributed by atoms with Crippen molar-refractivity contribution in [3.8, 4) is 5.88 Å². The zero-order chi connectivity index (χ0) is 14.9. The summed E-state index contributed by atoms with van der Waals surface area (Å²) in [7, 11) is 0. The highest BCUT2D eigenvalue weighted by Gasteiger charge is 2.16. The maximum atomic E-state index is 5.56. The Kier molecular flexibility index (Phi) is 6.69. The average molecular weight is 293 g/mol. The first kappa shape index (κ1) is 16.0. The second kappa shape index (κ2) is 8.79. The SMILES string of the molecule is CCOc1cncc(N2CCCN(CCCCN)CC2)n1. The van der Waals surface area contributed by atoms with E-state index in [1.54, 1.807) is 6.20 Å². The summed E-state index contributed by atoms with van der Waals surface area (Å²) < 4.78 is 5.43. The van der Waals surface area contributed by atoms with Gasteiger partial charge in [0.25, 0.3) is 0 Å². The van der Waals surface area contributed by atoms with Crippen molar-refractivity contribution < 1.29 is 4.74 Å². The summed E-state index contributed by atoms with van der Waals surface area (Å²) in [6.07, 6.45) is 6.96. The molecule has 1 aliphatic rings. The number of hydrogen-bond donors (Lipinski definition) is 1. The van der Waals surface area contributed by atoms with E-state index in [1.807, 2.05) is 13.1 Å². The van der Waals surface area contributed by atoms with Crippen molar-refractivity contribution in [3.05, 3.63) is 12.4 Å². The predicted octanol–water partition coefficient (Wildman–Crippen LogP) is 1.13. The Morgan fingerprint density at radius 3 is 2.90 bits per heavy atom. The zero-order valence-electron chi connectivity index (χ0n) is 13.0. The lowest BCUT2D eigenvalue weighted by Crippen LogP contribution is -2.32. The largest absolute Gasteiger partial charge is 0.477 e. The lowest BCUT2D eigenvalue weighted by molar-refractivity contribution is 0.287. The number of unbranched alkanes of at least 4 members (excludes halogenated alkanes) is 1. The molecule has 0 atom stereocenters. The van der Waals surface area contributed by atoms with E-state index in [-0.39, 0.29) is 0 Å². The molecule has 0 radical (unpaired) electrons. The van der Waals surface area contributed by atoms with Crippen molar-refractivity contribution in [1.82, 2.24) is 14.9 Å². The number of anilines is 1.